The highest BCUT2D eigenvalue weighted by Crippen LogP contribution is 2.25. The fourth-order valence-electron chi connectivity index (χ4n) is 2.66. The first-order chi connectivity index (χ1) is 15.5. The van der Waals surface area contributed by atoms with E-state index < -0.39 is 0 Å². The Morgan fingerprint density at radius 2 is 1.59 bits per heavy atom. The summed E-state index contributed by atoms with van der Waals surface area (Å²) in [5.74, 6) is 2.21. The summed E-state index contributed by atoms with van der Waals surface area (Å²) in [5.41, 5.74) is 1.91. The minimum absolute atomic E-state index is 0.101. The van der Waals surface area contributed by atoms with Crippen molar-refractivity contribution in [3.8, 4) is 17.2 Å². The quantitative estimate of drug-likeness (QED) is 0.453. The van der Waals surface area contributed by atoms with Crippen LogP contribution in [0.1, 0.15) is 16.1 Å². The van der Waals surface area contributed by atoms with Gasteiger partial charge in [-0.2, -0.15) is 0 Å². The van der Waals surface area contributed by atoms with E-state index in [4.69, 9.17) is 14.2 Å². The molecule has 0 aliphatic carbocycles. The summed E-state index contributed by atoms with van der Waals surface area (Å²) in [5, 5.41) is 7.96. The van der Waals surface area contributed by atoms with E-state index in [1.54, 1.807) is 49.6 Å². The van der Waals surface area contributed by atoms with Crippen molar-refractivity contribution in [2.24, 2.45) is 0 Å². The summed E-state index contributed by atoms with van der Waals surface area (Å²) in [4.78, 5) is 29.1. The zero-order chi connectivity index (χ0) is 22.9. The number of anilines is 2. The van der Waals surface area contributed by atoms with Gasteiger partial charge in [0.2, 0.25) is 5.91 Å². The molecule has 2 amide bonds. The molecule has 0 fully saturated rings. The van der Waals surface area contributed by atoms with Gasteiger partial charge in [-0.3, -0.25) is 14.9 Å². The van der Waals surface area contributed by atoms with Gasteiger partial charge in [0, 0.05) is 28.5 Å². The molecule has 0 aliphatic heterocycles. The Hall–Kier alpha value is -3.24. The molecule has 0 spiro atoms. The number of benzene rings is 2. The summed E-state index contributed by atoms with van der Waals surface area (Å²) < 4.78 is 15.5. The number of carbonyl (C=O) groups is 2. The number of hydrogen-bond acceptors (Lipinski definition) is 8. The van der Waals surface area contributed by atoms with E-state index in [2.05, 4.69) is 15.6 Å². The average Bonchev–Trinajstić information content (AvgIpc) is 3.26. The standard InChI is InChI=1S/C22H23N3O5S2/c1-28-17-6-4-15(5-7-17)23-20(26)13-31-11-16-12-32-22(24-16)25-21(27)14-8-18(29-2)10-19(9-14)30-3/h4-10,12H,11,13H2,1-3H3,(H,23,26)(H,24,25,27). The van der Waals surface area contributed by atoms with E-state index in [9.17, 15) is 9.59 Å². The molecule has 0 unspecified atom stereocenters. The zero-order valence-electron chi connectivity index (χ0n) is 17.8. The largest absolute Gasteiger partial charge is 0.497 e. The van der Waals surface area contributed by atoms with Crippen molar-refractivity contribution >= 4 is 45.7 Å². The number of nitrogens with one attached hydrogen (secondary N) is 2. The minimum atomic E-state index is -0.311. The van der Waals surface area contributed by atoms with Crippen LogP contribution in [0.3, 0.4) is 0 Å². The lowest BCUT2D eigenvalue weighted by Gasteiger charge is -2.08. The smallest absolute Gasteiger partial charge is 0.257 e. The van der Waals surface area contributed by atoms with E-state index in [1.165, 1.54) is 37.3 Å². The maximum absolute atomic E-state index is 12.6. The normalized spacial score (nSPS) is 10.3. The van der Waals surface area contributed by atoms with Crippen LogP contribution in [0.25, 0.3) is 0 Å². The third kappa shape index (κ3) is 6.63. The number of methoxy groups -OCH3 is 3. The van der Waals surface area contributed by atoms with Crippen LogP contribution in [0.2, 0.25) is 0 Å². The van der Waals surface area contributed by atoms with Gasteiger partial charge in [-0.25, -0.2) is 4.98 Å². The Kier molecular flexibility index (Phi) is 8.34. The van der Waals surface area contributed by atoms with Gasteiger partial charge in [-0.15, -0.1) is 23.1 Å². The van der Waals surface area contributed by atoms with E-state index >= 15 is 0 Å². The Morgan fingerprint density at radius 3 is 2.22 bits per heavy atom. The number of thiazole rings is 1. The van der Waals surface area contributed by atoms with Crippen LogP contribution in [0.5, 0.6) is 17.2 Å². The predicted octanol–water partition coefficient (Wildman–Crippen LogP) is 4.29. The lowest BCUT2D eigenvalue weighted by atomic mass is 10.2. The Labute approximate surface area is 194 Å². The fourth-order valence-corrected chi connectivity index (χ4v) is 4.19. The van der Waals surface area contributed by atoms with Gasteiger partial charge in [0.25, 0.3) is 5.91 Å². The monoisotopic (exact) mass is 473 g/mol. The molecule has 0 saturated carbocycles. The lowest BCUT2D eigenvalue weighted by molar-refractivity contribution is -0.113. The molecule has 1 heterocycles. The van der Waals surface area contributed by atoms with Crippen molar-refractivity contribution in [1.82, 2.24) is 4.98 Å². The second kappa shape index (κ2) is 11.4. The number of carbonyl (C=O) groups excluding carboxylic acids is 2. The summed E-state index contributed by atoms with van der Waals surface area (Å²) >= 11 is 2.77. The molecular weight excluding hydrogens is 450 g/mol. The number of hydrogen-bond donors (Lipinski definition) is 2. The Morgan fingerprint density at radius 1 is 0.938 bits per heavy atom. The van der Waals surface area contributed by atoms with E-state index in [0.717, 1.165) is 11.4 Å². The highest BCUT2D eigenvalue weighted by atomic mass is 32.2. The molecule has 0 saturated heterocycles. The molecule has 168 valence electrons. The Bertz CT molecular complexity index is 1050. The molecule has 0 atom stereocenters. The molecule has 3 rings (SSSR count). The van der Waals surface area contributed by atoms with Gasteiger partial charge in [0.05, 0.1) is 32.8 Å². The van der Waals surface area contributed by atoms with E-state index in [0.29, 0.717) is 33.6 Å². The highest BCUT2D eigenvalue weighted by Gasteiger charge is 2.13. The third-order valence-corrected chi connectivity index (χ3v) is 6.02. The third-order valence-electron chi connectivity index (χ3n) is 4.24. The molecule has 0 bridgehead atoms. The predicted molar refractivity (Wildman–Crippen MR) is 127 cm³/mol. The molecule has 2 aromatic carbocycles. The van der Waals surface area contributed by atoms with E-state index in [1.807, 2.05) is 5.38 Å². The van der Waals surface area contributed by atoms with Crippen LogP contribution in [0.15, 0.2) is 47.8 Å². The highest BCUT2D eigenvalue weighted by molar-refractivity contribution is 7.99. The van der Waals surface area contributed by atoms with Crippen molar-refractivity contribution in [3.63, 3.8) is 0 Å². The van der Waals surface area contributed by atoms with Crippen molar-refractivity contribution in [2.75, 3.05) is 37.7 Å². The van der Waals surface area contributed by atoms with Gasteiger partial charge < -0.3 is 19.5 Å². The van der Waals surface area contributed by atoms with Crippen molar-refractivity contribution in [2.45, 2.75) is 5.75 Å². The molecule has 10 heteroatoms. The lowest BCUT2D eigenvalue weighted by Crippen LogP contribution is -2.14. The SMILES string of the molecule is COc1ccc(NC(=O)CSCc2csc(NC(=O)c3cc(OC)cc(OC)c3)n2)cc1. The molecule has 8 nitrogen and oxygen atoms in total. The topological polar surface area (TPSA) is 98.8 Å². The Balaban J connectivity index is 1.48. The fraction of sp³-hybridized carbons (Fsp3) is 0.227. The molecule has 0 aliphatic rings. The first-order valence-electron chi connectivity index (χ1n) is 9.51. The second-order valence-corrected chi connectivity index (χ2v) is 8.31. The first kappa shape index (κ1) is 23.4. The summed E-state index contributed by atoms with van der Waals surface area (Å²) in [6.45, 7) is 0. The van der Waals surface area contributed by atoms with Crippen LogP contribution >= 0.6 is 23.1 Å². The number of rotatable bonds is 10. The van der Waals surface area contributed by atoms with Crippen LogP contribution in [0.4, 0.5) is 10.8 Å². The van der Waals surface area contributed by atoms with Gasteiger partial charge >= 0.3 is 0 Å². The van der Waals surface area contributed by atoms with Crippen LogP contribution in [-0.2, 0) is 10.5 Å². The summed E-state index contributed by atoms with van der Waals surface area (Å²) in [7, 11) is 4.65. The van der Waals surface area contributed by atoms with Crippen LogP contribution in [-0.4, -0.2) is 43.9 Å². The number of ether oxygens (including phenoxy) is 3. The zero-order valence-corrected chi connectivity index (χ0v) is 19.5. The van der Waals surface area contributed by atoms with E-state index in [-0.39, 0.29) is 17.6 Å². The van der Waals surface area contributed by atoms with Gasteiger partial charge in [-0.1, -0.05) is 0 Å². The minimum Gasteiger partial charge on any atom is -0.497 e. The number of thioether (sulfide) groups is 1. The molecule has 32 heavy (non-hydrogen) atoms. The second-order valence-electron chi connectivity index (χ2n) is 6.47. The molecule has 1 aromatic heterocycles. The number of amides is 2. The molecule has 0 radical (unpaired) electrons. The van der Waals surface area contributed by atoms with Gasteiger partial charge in [0.15, 0.2) is 5.13 Å². The van der Waals surface area contributed by atoms with Crippen molar-refractivity contribution in [1.29, 1.82) is 0 Å². The van der Waals surface area contributed by atoms with Crippen molar-refractivity contribution < 1.29 is 23.8 Å². The van der Waals surface area contributed by atoms with Crippen LogP contribution < -0.4 is 24.8 Å². The molecule has 2 N–H and O–H groups in total. The molecular formula is C22H23N3O5S2. The van der Waals surface area contributed by atoms with Crippen molar-refractivity contribution in [3.05, 3.63) is 59.1 Å². The summed E-state index contributed by atoms with van der Waals surface area (Å²) in [6, 6.07) is 12.1. The summed E-state index contributed by atoms with van der Waals surface area (Å²) in [6.07, 6.45) is 0. The van der Waals surface area contributed by atoms with Gasteiger partial charge in [-0.05, 0) is 36.4 Å². The maximum Gasteiger partial charge on any atom is 0.257 e. The first-order valence-corrected chi connectivity index (χ1v) is 11.5. The molecule has 3 aromatic rings. The van der Waals surface area contributed by atoms with Crippen LogP contribution in [0, 0.1) is 0 Å². The maximum atomic E-state index is 12.6. The number of nitrogens with zero attached hydrogens (tertiary/aromatic N) is 1. The van der Waals surface area contributed by atoms with Gasteiger partial charge in [0.1, 0.15) is 17.2 Å². The number of aromatic nitrogens is 1. The average molecular weight is 474 g/mol.